The molecule has 2 aromatic heterocycles. The van der Waals surface area contributed by atoms with E-state index in [1.807, 2.05) is 19.3 Å². The van der Waals surface area contributed by atoms with Crippen LogP contribution in [0.5, 0.6) is 0 Å². The number of nitrogens with zero attached hydrogens (tertiary/aromatic N) is 2. The Kier molecular flexibility index (Phi) is 18.7. The predicted molar refractivity (Wildman–Crippen MR) is 272 cm³/mol. The Labute approximate surface area is 376 Å². The third-order valence-electron chi connectivity index (χ3n) is 12.5. The Balaban J connectivity index is 0.000000171. The van der Waals surface area contributed by atoms with Gasteiger partial charge in [-0.1, -0.05) is 118 Å². The lowest BCUT2D eigenvalue weighted by molar-refractivity contribution is 0.812. The summed E-state index contributed by atoms with van der Waals surface area (Å²) in [5.74, 6) is 3.95. The summed E-state index contributed by atoms with van der Waals surface area (Å²) in [5.41, 5.74) is 27.3. The average Bonchev–Trinajstić information content (AvgIpc) is 3.73. The maximum Gasteiger partial charge on any atom is 0.151 e. The fourth-order valence-electron chi connectivity index (χ4n) is 8.85. The summed E-state index contributed by atoms with van der Waals surface area (Å²) in [4.78, 5) is 8.41. The molecule has 3 aliphatic heterocycles. The largest absolute Gasteiger partial charge is 0.397 e. The van der Waals surface area contributed by atoms with Gasteiger partial charge in [-0.2, -0.15) is 0 Å². The molecule has 0 saturated heterocycles. The molecule has 7 nitrogen and oxygen atoms in total. The molecular weight excluding hydrogens is 759 g/mol. The highest BCUT2D eigenvalue weighted by atomic mass is 15.2. The van der Waals surface area contributed by atoms with Gasteiger partial charge in [-0.25, -0.2) is 4.98 Å². The van der Waals surface area contributed by atoms with Crippen molar-refractivity contribution in [1.82, 2.24) is 9.97 Å². The number of nitrogens with one attached hydrogen (secondary N) is 4. The molecule has 0 aliphatic carbocycles. The minimum Gasteiger partial charge on any atom is -0.397 e. The monoisotopic (exact) mass is 840 g/mol. The second kappa shape index (κ2) is 23.4. The van der Waals surface area contributed by atoms with E-state index in [1.54, 1.807) is 6.20 Å². The number of nitrogen functional groups attached to an aromatic ring is 1. The minimum absolute atomic E-state index is 0.506. The van der Waals surface area contributed by atoms with Crippen LogP contribution in [0.1, 0.15) is 178 Å². The number of rotatable bonds is 5. The third-order valence-corrected chi connectivity index (χ3v) is 12.5. The van der Waals surface area contributed by atoms with Gasteiger partial charge < -0.3 is 27.0 Å². The maximum atomic E-state index is 5.70. The Morgan fingerprint density at radius 1 is 0.468 bits per heavy atom. The van der Waals surface area contributed by atoms with Gasteiger partial charge in [0.25, 0.3) is 0 Å². The second-order valence-corrected chi connectivity index (χ2v) is 18.9. The number of hydrogen-bond donors (Lipinski definition) is 5. The van der Waals surface area contributed by atoms with Crippen molar-refractivity contribution >= 4 is 28.6 Å². The second-order valence-electron chi connectivity index (χ2n) is 18.9. The van der Waals surface area contributed by atoms with Crippen LogP contribution in [0.2, 0.25) is 0 Å². The van der Waals surface area contributed by atoms with Crippen LogP contribution < -0.4 is 27.0 Å². The van der Waals surface area contributed by atoms with E-state index in [2.05, 4.69) is 177 Å². The van der Waals surface area contributed by atoms with E-state index in [0.29, 0.717) is 29.6 Å². The number of aromatic nitrogens is 2. The molecule has 8 rings (SSSR count). The number of aryl methyl sites for hydroxylation is 3. The van der Waals surface area contributed by atoms with E-state index in [1.165, 1.54) is 104 Å². The van der Waals surface area contributed by atoms with Crippen LogP contribution in [-0.4, -0.2) is 29.7 Å². The van der Waals surface area contributed by atoms with Crippen LogP contribution in [0.3, 0.4) is 0 Å². The molecule has 0 fully saturated rings. The SMILES string of the molecule is Cc1c(C(C)C)ccc2c1NCCC2.Cc1c(C(C)C)ccc2c1NCCC2.Cc1c(C(C)C)cnc2c1NCN2.Cc1c(N)cncc1C(C)C.Cc1ccccc1C(C)C. The smallest absolute Gasteiger partial charge is 0.151 e. The molecule has 0 amide bonds. The summed E-state index contributed by atoms with van der Waals surface area (Å²) >= 11 is 0. The lowest BCUT2D eigenvalue weighted by atomic mass is 9.91. The normalized spacial score (nSPS) is 13.3. The molecule has 0 saturated carbocycles. The molecule has 5 aromatic rings. The summed E-state index contributed by atoms with van der Waals surface area (Å²) in [6, 6.07) is 17.7. The maximum absolute atomic E-state index is 5.70. The van der Waals surface area contributed by atoms with Crippen molar-refractivity contribution in [1.29, 1.82) is 0 Å². The minimum atomic E-state index is 0.506. The Morgan fingerprint density at radius 3 is 1.39 bits per heavy atom. The first-order valence-electron chi connectivity index (χ1n) is 23.4. The number of hydrogen-bond acceptors (Lipinski definition) is 7. The van der Waals surface area contributed by atoms with Crippen LogP contribution in [0.15, 0.2) is 67.1 Å². The first kappa shape index (κ1) is 49.6. The summed E-state index contributed by atoms with van der Waals surface area (Å²) in [5, 5.41) is 13.5. The fourth-order valence-corrected chi connectivity index (χ4v) is 8.85. The molecule has 6 N–H and O–H groups in total. The molecule has 0 radical (unpaired) electrons. The molecular formula is C55H81N7. The van der Waals surface area contributed by atoms with Crippen LogP contribution >= 0.6 is 0 Å². The molecule has 62 heavy (non-hydrogen) atoms. The van der Waals surface area contributed by atoms with Crippen molar-refractivity contribution in [2.24, 2.45) is 0 Å². The number of nitrogens with two attached hydrogens (primary N) is 1. The van der Waals surface area contributed by atoms with Gasteiger partial charge in [-0.05, 0) is 157 Å². The van der Waals surface area contributed by atoms with Gasteiger partial charge in [0.2, 0.25) is 0 Å². The van der Waals surface area contributed by atoms with E-state index >= 15 is 0 Å². The lowest BCUT2D eigenvalue weighted by Crippen LogP contribution is -2.14. The van der Waals surface area contributed by atoms with Gasteiger partial charge in [0, 0.05) is 36.9 Å². The number of pyridine rings is 2. The van der Waals surface area contributed by atoms with Crippen LogP contribution in [-0.2, 0) is 12.8 Å². The predicted octanol–water partition coefficient (Wildman–Crippen LogP) is 14.5. The summed E-state index contributed by atoms with van der Waals surface area (Å²) in [6.07, 6.45) is 10.6. The molecule has 3 aliphatic rings. The van der Waals surface area contributed by atoms with Crippen LogP contribution in [0.25, 0.3) is 0 Å². The van der Waals surface area contributed by atoms with Gasteiger partial charge in [0.1, 0.15) is 0 Å². The highest BCUT2D eigenvalue weighted by Crippen LogP contribution is 2.34. The summed E-state index contributed by atoms with van der Waals surface area (Å²) in [6.45, 7) is 36.1. The third kappa shape index (κ3) is 13.0. The number of anilines is 5. The van der Waals surface area contributed by atoms with Crippen molar-refractivity contribution in [3.8, 4) is 0 Å². The van der Waals surface area contributed by atoms with Gasteiger partial charge in [-0.3, -0.25) is 4.98 Å². The molecule has 0 bridgehead atoms. The first-order valence-corrected chi connectivity index (χ1v) is 23.4. The van der Waals surface area contributed by atoms with E-state index < -0.39 is 0 Å². The van der Waals surface area contributed by atoms with Gasteiger partial charge in [0.05, 0.1) is 24.2 Å². The molecule has 0 unspecified atom stereocenters. The molecule has 3 aromatic carbocycles. The zero-order valence-electron chi connectivity index (χ0n) is 41.2. The quantitative estimate of drug-likeness (QED) is 0.120. The molecule has 7 heteroatoms. The van der Waals surface area contributed by atoms with E-state index in [4.69, 9.17) is 5.73 Å². The van der Waals surface area contributed by atoms with Gasteiger partial charge in [-0.15, -0.1) is 0 Å². The molecule has 336 valence electrons. The summed E-state index contributed by atoms with van der Waals surface area (Å²) < 4.78 is 0. The Morgan fingerprint density at radius 2 is 0.935 bits per heavy atom. The van der Waals surface area contributed by atoms with Crippen molar-refractivity contribution < 1.29 is 0 Å². The molecule has 5 heterocycles. The van der Waals surface area contributed by atoms with Crippen molar-refractivity contribution in [2.75, 3.05) is 46.8 Å². The highest BCUT2D eigenvalue weighted by Gasteiger charge is 2.18. The van der Waals surface area contributed by atoms with Crippen molar-refractivity contribution in [3.63, 3.8) is 0 Å². The van der Waals surface area contributed by atoms with Gasteiger partial charge in [0.15, 0.2) is 5.82 Å². The fraction of sp³-hybridized carbons (Fsp3) is 0.491. The Bertz CT molecular complexity index is 2130. The van der Waals surface area contributed by atoms with E-state index in [0.717, 1.165) is 36.8 Å². The van der Waals surface area contributed by atoms with E-state index in [-0.39, 0.29) is 0 Å². The highest BCUT2D eigenvalue weighted by molar-refractivity contribution is 5.74. The topological polar surface area (TPSA) is 99.9 Å². The number of fused-ring (bicyclic) bond motifs is 3. The number of benzene rings is 3. The zero-order valence-corrected chi connectivity index (χ0v) is 41.2. The van der Waals surface area contributed by atoms with Crippen LogP contribution in [0.4, 0.5) is 28.6 Å². The average molecular weight is 840 g/mol. The van der Waals surface area contributed by atoms with Crippen LogP contribution in [0, 0.1) is 34.6 Å². The standard InChI is InChI=1S/2C13H19N.C10H15N3.C10H14.C9H14N2/c2*1-9(2)12-7-6-11-5-4-8-14-13(11)10(12)3;1-6(2)8-4-11-10-9(7(8)3)12-5-13-10;1-8(2)10-7-5-4-6-9(10)3;1-6(2)8-4-11-5-9(10)7(8)3/h2*6-7,9,14H,4-5,8H2,1-3H3;4,6,12H,5H2,1-3H3,(H,11,13);4-8H,1-3H3;4-6H,10H2,1-3H3. The van der Waals surface area contributed by atoms with Gasteiger partial charge >= 0.3 is 0 Å². The first-order chi connectivity index (χ1) is 29.4. The molecule has 0 spiro atoms. The van der Waals surface area contributed by atoms with Crippen molar-refractivity contribution in [2.45, 2.75) is 159 Å². The molecule has 0 atom stereocenters. The lowest BCUT2D eigenvalue weighted by Gasteiger charge is -2.23. The van der Waals surface area contributed by atoms with E-state index in [9.17, 15) is 0 Å². The Hall–Kier alpha value is -5.04. The summed E-state index contributed by atoms with van der Waals surface area (Å²) in [7, 11) is 0. The van der Waals surface area contributed by atoms with Crippen molar-refractivity contribution in [3.05, 3.63) is 134 Å². The zero-order chi connectivity index (χ0) is 45.7.